The van der Waals surface area contributed by atoms with Gasteiger partial charge in [0.15, 0.2) is 5.78 Å². The van der Waals surface area contributed by atoms with Gasteiger partial charge in [0, 0.05) is 7.11 Å². The third kappa shape index (κ3) is 3.38. The van der Waals surface area contributed by atoms with Gasteiger partial charge in [0.1, 0.15) is 52.5 Å². The summed E-state index contributed by atoms with van der Waals surface area (Å²) in [6, 6.07) is 6.55. The number of carbonyl (C=O) groups is 1. The molecular weight excluding hydrogens is 424 g/mol. The molecule has 0 aliphatic carbocycles. The van der Waals surface area contributed by atoms with Crippen molar-refractivity contribution in [1.82, 2.24) is 0 Å². The highest BCUT2D eigenvalue weighted by Crippen LogP contribution is 2.58. The number of ether oxygens (including phenoxy) is 4. The largest absolute Gasteiger partial charge is 0.508 e. The van der Waals surface area contributed by atoms with Crippen LogP contribution in [0, 0.1) is 0 Å². The molecule has 0 amide bonds. The fraction of sp³-hybridized carbons (Fsp3) is 0.423. The van der Waals surface area contributed by atoms with Gasteiger partial charge in [-0.3, -0.25) is 4.79 Å². The highest BCUT2D eigenvalue weighted by atomic mass is 16.6. The van der Waals surface area contributed by atoms with Crippen molar-refractivity contribution < 1.29 is 34.0 Å². The molecule has 2 aromatic rings. The molecule has 0 aromatic heterocycles. The van der Waals surface area contributed by atoms with Crippen molar-refractivity contribution in [2.45, 2.75) is 63.6 Å². The fourth-order valence-corrected chi connectivity index (χ4v) is 4.91. The van der Waals surface area contributed by atoms with Crippen molar-refractivity contribution in [3.8, 4) is 23.0 Å². The van der Waals surface area contributed by atoms with Crippen LogP contribution in [-0.4, -0.2) is 40.4 Å². The molecule has 0 saturated carbocycles. The number of rotatable bonds is 3. The highest BCUT2D eigenvalue weighted by molar-refractivity contribution is 6.05. The zero-order valence-corrected chi connectivity index (χ0v) is 19.3. The summed E-state index contributed by atoms with van der Waals surface area (Å²) >= 11 is 0. The molecule has 1 unspecified atom stereocenters. The first kappa shape index (κ1) is 21.8. The molecule has 0 radical (unpaired) electrons. The van der Waals surface area contributed by atoms with Gasteiger partial charge in [0.25, 0.3) is 0 Å². The van der Waals surface area contributed by atoms with E-state index in [2.05, 4.69) is 0 Å². The summed E-state index contributed by atoms with van der Waals surface area (Å²) in [5, 5.41) is 20.8. The minimum atomic E-state index is -0.626. The van der Waals surface area contributed by atoms with Crippen LogP contribution >= 0.6 is 0 Å². The molecule has 5 rings (SSSR count). The van der Waals surface area contributed by atoms with Gasteiger partial charge >= 0.3 is 0 Å². The number of carbonyl (C=O) groups excluding carboxylic acids is 1. The summed E-state index contributed by atoms with van der Waals surface area (Å²) in [6.45, 7) is 7.70. The number of hydrogen-bond acceptors (Lipinski definition) is 7. The average Bonchev–Trinajstić information content (AvgIpc) is 2.72. The first-order chi connectivity index (χ1) is 15.5. The van der Waals surface area contributed by atoms with Gasteiger partial charge in [-0.05, 0) is 57.5 Å². The summed E-state index contributed by atoms with van der Waals surface area (Å²) in [7, 11) is 1.62. The highest BCUT2D eigenvalue weighted by Gasteiger charge is 2.54. The first-order valence-corrected chi connectivity index (χ1v) is 11.0. The maximum atomic E-state index is 13.3. The normalized spacial score (nSPS) is 26.5. The Morgan fingerprint density at radius 1 is 1.06 bits per heavy atom. The number of hydrogen-bond donors (Lipinski definition) is 2. The molecule has 2 aromatic carbocycles. The molecule has 0 bridgehead atoms. The number of fused-ring (bicyclic) bond motifs is 2. The van der Waals surface area contributed by atoms with E-state index in [9.17, 15) is 15.0 Å². The lowest BCUT2D eigenvalue weighted by atomic mass is 9.80. The number of aromatic hydroxyl groups is 2. The van der Waals surface area contributed by atoms with Gasteiger partial charge < -0.3 is 29.2 Å². The number of phenols is 2. The van der Waals surface area contributed by atoms with E-state index in [0.717, 1.165) is 5.56 Å². The van der Waals surface area contributed by atoms with Crippen LogP contribution in [0.3, 0.4) is 0 Å². The van der Waals surface area contributed by atoms with Crippen LogP contribution in [0.1, 0.15) is 73.4 Å². The SMILES string of the molecule is COC1[C@H](c2c3c(c(O)c4c2O[C@H](c2ccc(O)cc2)CC4=O)C=CC(C)(C)O3)OC1(C)C. The number of ketones is 1. The Balaban J connectivity index is 1.71. The van der Waals surface area contributed by atoms with Crippen molar-refractivity contribution >= 4 is 11.9 Å². The molecule has 1 saturated heterocycles. The molecule has 7 heteroatoms. The van der Waals surface area contributed by atoms with E-state index in [0.29, 0.717) is 16.9 Å². The van der Waals surface area contributed by atoms with E-state index >= 15 is 0 Å². The minimum absolute atomic E-state index is 0.0599. The number of phenolic OH excluding ortho intramolecular Hbond substituents is 2. The van der Waals surface area contributed by atoms with Crippen molar-refractivity contribution in [3.63, 3.8) is 0 Å². The molecule has 33 heavy (non-hydrogen) atoms. The average molecular weight is 453 g/mol. The van der Waals surface area contributed by atoms with Crippen molar-refractivity contribution in [2.24, 2.45) is 0 Å². The molecule has 174 valence electrons. The number of methoxy groups -OCH3 is 1. The van der Waals surface area contributed by atoms with Gasteiger partial charge in [0.2, 0.25) is 0 Å². The molecule has 3 aliphatic rings. The third-order valence-electron chi connectivity index (χ3n) is 6.57. The molecule has 1 fully saturated rings. The first-order valence-electron chi connectivity index (χ1n) is 11.0. The van der Waals surface area contributed by atoms with Crippen LogP contribution in [-0.2, 0) is 9.47 Å². The van der Waals surface area contributed by atoms with E-state index in [-0.39, 0.29) is 41.1 Å². The summed E-state index contributed by atoms with van der Waals surface area (Å²) in [5.74, 6) is 0.428. The van der Waals surface area contributed by atoms with Crippen molar-refractivity contribution in [1.29, 1.82) is 0 Å². The van der Waals surface area contributed by atoms with E-state index in [1.165, 1.54) is 0 Å². The second-order valence-electron chi connectivity index (χ2n) is 9.87. The van der Waals surface area contributed by atoms with E-state index in [4.69, 9.17) is 18.9 Å². The Bertz CT molecular complexity index is 1160. The van der Waals surface area contributed by atoms with Crippen LogP contribution in [0.15, 0.2) is 30.3 Å². The zero-order chi connectivity index (χ0) is 23.7. The zero-order valence-electron chi connectivity index (χ0n) is 19.3. The predicted octanol–water partition coefficient (Wildman–Crippen LogP) is 4.85. The van der Waals surface area contributed by atoms with Gasteiger partial charge in [-0.25, -0.2) is 0 Å². The van der Waals surface area contributed by atoms with Gasteiger partial charge in [-0.2, -0.15) is 0 Å². The topological polar surface area (TPSA) is 94.5 Å². The van der Waals surface area contributed by atoms with Crippen LogP contribution in [0.2, 0.25) is 0 Å². The summed E-state index contributed by atoms with van der Waals surface area (Å²) < 4.78 is 24.7. The van der Waals surface area contributed by atoms with Crippen molar-refractivity contribution in [3.05, 3.63) is 52.6 Å². The second kappa shape index (κ2) is 7.23. The third-order valence-corrected chi connectivity index (χ3v) is 6.57. The molecule has 0 spiro atoms. The Morgan fingerprint density at radius 2 is 1.76 bits per heavy atom. The lowest BCUT2D eigenvalue weighted by Crippen LogP contribution is -2.56. The molecule has 7 nitrogen and oxygen atoms in total. The maximum absolute atomic E-state index is 13.3. The molecule has 3 heterocycles. The van der Waals surface area contributed by atoms with E-state index in [1.54, 1.807) is 37.5 Å². The fourth-order valence-electron chi connectivity index (χ4n) is 4.91. The standard InChI is InChI=1S/C26H28O7/c1-25(2)11-10-15-20(29)18-16(28)12-17(13-6-8-14(27)9-7-13)31-22(18)19(21(15)32-25)23-24(30-5)26(3,4)33-23/h6-11,17,23-24,27,29H,12H2,1-5H3/t17-,23-,24?/m0/s1. The monoisotopic (exact) mass is 452 g/mol. The smallest absolute Gasteiger partial charge is 0.174 e. The predicted molar refractivity (Wildman–Crippen MR) is 121 cm³/mol. The van der Waals surface area contributed by atoms with Crippen molar-refractivity contribution in [2.75, 3.05) is 7.11 Å². The van der Waals surface area contributed by atoms with Gasteiger partial charge in [-0.1, -0.05) is 12.1 Å². The van der Waals surface area contributed by atoms with Crippen LogP contribution in [0.4, 0.5) is 0 Å². The Labute approximate surface area is 192 Å². The quantitative estimate of drug-likeness (QED) is 0.687. The molecule has 2 N–H and O–H groups in total. The molecule has 3 aliphatic heterocycles. The van der Waals surface area contributed by atoms with Crippen LogP contribution in [0.25, 0.3) is 6.08 Å². The number of benzene rings is 2. The van der Waals surface area contributed by atoms with E-state index in [1.807, 2.05) is 33.8 Å². The number of Topliss-reactive ketones (excluding diaryl/α,β-unsaturated/α-hetero) is 1. The Morgan fingerprint density at radius 3 is 2.39 bits per heavy atom. The Hall–Kier alpha value is -3.03. The van der Waals surface area contributed by atoms with Gasteiger partial charge in [-0.15, -0.1) is 0 Å². The maximum Gasteiger partial charge on any atom is 0.174 e. The summed E-state index contributed by atoms with van der Waals surface area (Å²) in [6.07, 6.45) is 2.26. The van der Waals surface area contributed by atoms with Gasteiger partial charge in [0.05, 0.1) is 23.1 Å². The molecular formula is C26H28O7. The summed E-state index contributed by atoms with van der Waals surface area (Å²) in [5.41, 5.74) is 0.722. The molecule has 3 atom stereocenters. The summed E-state index contributed by atoms with van der Waals surface area (Å²) in [4.78, 5) is 13.3. The lowest BCUT2D eigenvalue weighted by molar-refractivity contribution is -0.286. The van der Waals surface area contributed by atoms with Crippen LogP contribution < -0.4 is 9.47 Å². The van der Waals surface area contributed by atoms with E-state index < -0.39 is 23.4 Å². The lowest BCUT2D eigenvalue weighted by Gasteiger charge is -2.51. The Kier molecular flexibility index (Phi) is 4.78. The second-order valence-corrected chi connectivity index (χ2v) is 9.87. The van der Waals surface area contributed by atoms with Crippen LogP contribution in [0.5, 0.6) is 23.0 Å². The minimum Gasteiger partial charge on any atom is -0.508 e.